The molecule has 0 bridgehead atoms. The molecule has 1 aliphatic rings. The molecule has 3 amide bonds. The van der Waals surface area contributed by atoms with Gasteiger partial charge in [-0.05, 0) is 44.4 Å². The minimum atomic E-state index is -0.552. The third-order valence-electron chi connectivity index (χ3n) is 4.37. The van der Waals surface area contributed by atoms with E-state index in [-0.39, 0.29) is 17.9 Å². The third-order valence-corrected chi connectivity index (χ3v) is 5.24. The molecular formula is C21H25N3O4S. The van der Waals surface area contributed by atoms with Crippen molar-refractivity contribution in [3.8, 4) is 0 Å². The second-order valence-electron chi connectivity index (χ2n) is 7.74. The van der Waals surface area contributed by atoms with Gasteiger partial charge in [-0.2, -0.15) is 0 Å². The number of ether oxygens (including phenoxy) is 1. The van der Waals surface area contributed by atoms with E-state index in [0.29, 0.717) is 42.3 Å². The Balaban J connectivity index is 1.64. The maximum atomic E-state index is 13.0. The predicted octanol–water partition coefficient (Wildman–Crippen LogP) is 3.69. The van der Waals surface area contributed by atoms with Gasteiger partial charge in [0.2, 0.25) is 0 Å². The van der Waals surface area contributed by atoms with Crippen LogP contribution in [0.2, 0.25) is 0 Å². The van der Waals surface area contributed by atoms with Crippen molar-refractivity contribution in [1.29, 1.82) is 0 Å². The standard InChI is InChI=1S/C21H25N3O4S/c1-21(2,3)28-20(27)24-12-10-23(11-13-24)19(26)15-7-4-5-8-16(15)22-18(25)17-9-6-14-29-17/h4-9,14H,10-13H2,1-3H3,(H,22,25). The molecule has 154 valence electrons. The van der Waals surface area contributed by atoms with E-state index >= 15 is 0 Å². The maximum Gasteiger partial charge on any atom is 0.410 e. The number of carbonyl (C=O) groups is 3. The van der Waals surface area contributed by atoms with Gasteiger partial charge >= 0.3 is 6.09 Å². The Morgan fingerprint density at radius 2 is 1.62 bits per heavy atom. The topological polar surface area (TPSA) is 79.0 Å². The predicted molar refractivity (Wildman–Crippen MR) is 112 cm³/mol. The number of rotatable bonds is 3. The number of piperazine rings is 1. The molecule has 2 aromatic rings. The Morgan fingerprint density at radius 1 is 0.966 bits per heavy atom. The first-order chi connectivity index (χ1) is 13.7. The zero-order chi connectivity index (χ0) is 21.0. The van der Waals surface area contributed by atoms with Crippen LogP contribution in [0.1, 0.15) is 40.8 Å². The van der Waals surface area contributed by atoms with Gasteiger partial charge in [0.15, 0.2) is 0 Å². The van der Waals surface area contributed by atoms with Gasteiger partial charge in [-0.25, -0.2) is 4.79 Å². The number of amides is 3. The zero-order valence-corrected chi connectivity index (χ0v) is 17.6. The molecule has 1 aliphatic heterocycles. The molecule has 29 heavy (non-hydrogen) atoms. The van der Waals surface area contributed by atoms with E-state index < -0.39 is 5.60 Å². The molecule has 7 nitrogen and oxygen atoms in total. The van der Waals surface area contributed by atoms with Gasteiger partial charge < -0.3 is 19.9 Å². The minimum Gasteiger partial charge on any atom is -0.444 e. The SMILES string of the molecule is CC(C)(C)OC(=O)N1CCN(C(=O)c2ccccc2NC(=O)c2cccs2)CC1. The summed E-state index contributed by atoms with van der Waals surface area (Å²) < 4.78 is 5.39. The highest BCUT2D eigenvalue weighted by molar-refractivity contribution is 7.12. The van der Waals surface area contributed by atoms with Crippen LogP contribution in [0.4, 0.5) is 10.5 Å². The lowest BCUT2D eigenvalue weighted by atomic mass is 10.1. The molecule has 1 aromatic carbocycles. The van der Waals surface area contributed by atoms with Crippen molar-refractivity contribution >= 4 is 34.9 Å². The van der Waals surface area contributed by atoms with Gasteiger partial charge in [0.1, 0.15) is 5.60 Å². The largest absolute Gasteiger partial charge is 0.444 e. The number of nitrogens with one attached hydrogen (secondary N) is 1. The molecule has 0 saturated carbocycles. The van der Waals surface area contributed by atoms with E-state index in [4.69, 9.17) is 4.74 Å². The van der Waals surface area contributed by atoms with Gasteiger partial charge in [0, 0.05) is 26.2 Å². The average Bonchev–Trinajstić information content (AvgIpc) is 3.22. The number of hydrogen-bond acceptors (Lipinski definition) is 5. The number of benzene rings is 1. The first-order valence-corrected chi connectivity index (χ1v) is 10.3. The summed E-state index contributed by atoms with van der Waals surface area (Å²) in [5.74, 6) is -0.411. The lowest BCUT2D eigenvalue weighted by Crippen LogP contribution is -2.51. The summed E-state index contributed by atoms with van der Waals surface area (Å²) in [6.07, 6.45) is -0.367. The third kappa shape index (κ3) is 5.35. The average molecular weight is 416 g/mol. The second-order valence-corrected chi connectivity index (χ2v) is 8.68. The van der Waals surface area contributed by atoms with Gasteiger partial charge in [-0.1, -0.05) is 18.2 Å². The summed E-state index contributed by atoms with van der Waals surface area (Å²) in [6, 6.07) is 10.5. The highest BCUT2D eigenvalue weighted by Crippen LogP contribution is 2.21. The lowest BCUT2D eigenvalue weighted by molar-refractivity contribution is 0.0141. The van der Waals surface area contributed by atoms with Crippen LogP contribution in [0, 0.1) is 0 Å². The molecule has 3 rings (SSSR count). The summed E-state index contributed by atoms with van der Waals surface area (Å²) in [6.45, 7) is 7.11. The van der Waals surface area contributed by atoms with Crippen LogP contribution in [0.3, 0.4) is 0 Å². The monoisotopic (exact) mass is 415 g/mol. The summed E-state index contributed by atoms with van der Waals surface area (Å²) in [5.41, 5.74) is 0.359. The van der Waals surface area contributed by atoms with E-state index in [1.165, 1.54) is 11.3 Å². The minimum absolute atomic E-state index is 0.170. The summed E-state index contributed by atoms with van der Waals surface area (Å²) in [5, 5.41) is 4.65. The smallest absolute Gasteiger partial charge is 0.410 e. The summed E-state index contributed by atoms with van der Waals surface area (Å²) >= 11 is 1.34. The van der Waals surface area contributed by atoms with Crippen LogP contribution in [-0.2, 0) is 4.74 Å². The maximum absolute atomic E-state index is 13.0. The number of thiophene rings is 1. The molecule has 1 saturated heterocycles. The van der Waals surface area contributed by atoms with E-state index in [1.807, 2.05) is 26.2 Å². The Bertz CT molecular complexity index is 882. The molecule has 0 aliphatic carbocycles. The highest BCUT2D eigenvalue weighted by atomic mass is 32.1. The Hall–Kier alpha value is -2.87. The number of anilines is 1. The van der Waals surface area contributed by atoms with Crippen molar-refractivity contribution in [2.24, 2.45) is 0 Å². The highest BCUT2D eigenvalue weighted by Gasteiger charge is 2.29. The molecule has 1 aromatic heterocycles. The molecule has 2 heterocycles. The number of hydrogen-bond donors (Lipinski definition) is 1. The number of carbonyl (C=O) groups excluding carboxylic acids is 3. The van der Waals surface area contributed by atoms with E-state index in [9.17, 15) is 14.4 Å². The van der Waals surface area contributed by atoms with Crippen LogP contribution < -0.4 is 5.32 Å². The van der Waals surface area contributed by atoms with Crippen LogP contribution in [0.15, 0.2) is 41.8 Å². The van der Waals surface area contributed by atoms with Gasteiger partial charge in [0.25, 0.3) is 11.8 Å². The molecule has 0 spiro atoms. The van der Waals surface area contributed by atoms with Crippen molar-refractivity contribution in [3.63, 3.8) is 0 Å². The fourth-order valence-corrected chi connectivity index (χ4v) is 3.58. The normalized spacial score (nSPS) is 14.4. The van der Waals surface area contributed by atoms with Crippen LogP contribution in [0.5, 0.6) is 0 Å². The van der Waals surface area contributed by atoms with E-state index in [0.717, 1.165) is 0 Å². The van der Waals surface area contributed by atoms with Crippen molar-refractivity contribution in [3.05, 3.63) is 52.2 Å². The van der Waals surface area contributed by atoms with Crippen molar-refractivity contribution in [2.45, 2.75) is 26.4 Å². The van der Waals surface area contributed by atoms with Gasteiger partial charge in [-0.3, -0.25) is 9.59 Å². The zero-order valence-electron chi connectivity index (χ0n) is 16.8. The first kappa shape index (κ1) is 20.9. The second kappa shape index (κ2) is 8.65. The lowest BCUT2D eigenvalue weighted by Gasteiger charge is -2.35. The fourth-order valence-electron chi connectivity index (χ4n) is 2.96. The molecule has 1 fully saturated rings. The molecular weight excluding hydrogens is 390 g/mol. The van der Waals surface area contributed by atoms with Crippen LogP contribution in [0.25, 0.3) is 0 Å². The molecule has 8 heteroatoms. The van der Waals surface area contributed by atoms with Crippen LogP contribution in [-0.4, -0.2) is 59.5 Å². The first-order valence-electron chi connectivity index (χ1n) is 9.46. The van der Waals surface area contributed by atoms with Crippen LogP contribution >= 0.6 is 11.3 Å². The fraction of sp³-hybridized carbons (Fsp3) is 0.381. The van der Waals surface area contributed by atoms with E-state index in [2.05, 4.69) is 5.32 Å². The Kier molecular flexibility index (Phi) is 6.22. The van der Waals surface area contributed by atoms with Gasteiger partial charge in [-0.15, -0.1) is 11.3 Å². The molecule has 0 atom stereocenters. The molecule has 0 unspecified atom stereocenters. The van der Waals surface area contributed by atoms with E-state index in [1.54, 1.807) is 46.2 Å². The quantitative estimate of drug-likeness (QED) is 0.829. The van der Waals surface area contributed by atoms with Gasteiger partial charge in [0.05, 0.1) is 16.1 Å². The van der Waals surface area contributed by atoms with Crippen molar-refractivity contribution in [2.75, 3.05) is 31.5 Å². The molecule has 0 radical (unpaired) electrons. The Labute approximate surface area is 174 Å². The summed E-state index contributed by atoms with van der Waals surface area (Å²) in [7, 11) is 0. The number of nitrogens with zero attached hydrogens (tertiary/aromatic N) is 2. The van der Waals surface area contributed by atoms with Crippen molar-refractivity contribution in [1.82, 2.24) is 9.80 Å². The molecule has 1 N–H and O–H groups in total. The Morgan fingerprint density at radius 3 is 2.24 bits per heavy atom. The van der Waals surface area contributed by atoms with Crippen molar-refractivity contribution < 1.29 is 19.1 Å². The number of para-hydroxylation sites is 1. The summed E-state index contributed by atoms with van der Waals surface area (Å²) in [4.78, 5) is 41.5.